The van der Waals surface area contributed by atoms with Crippen LogP contribution in [-0.4, -0.2) is 12.5 Å². The van der Waals surface area contributed by atoms with Crippen molar-refractivity contribution in [3.8, 4) is 5.75 Å². The van der Waals surface area contributed by atoms with E-state index in [0.717, 1.165) is 12.2 Å². The molecule has 0 aliphatic carbocycles. The summed E-state index contributed by atoms with van der Waals surface area (Å²) in [6.07, 6.45) is 0.969. The van der Waals surface area contributed by atoms with Crippen LogP contribution in [0.5, 0.6) is 5.75 Å². The van der Waals surface area contributed by atoms with Gasteiger partial charge in [0.05, 0.1) is 6.61 Å². The lowest BCUT2D eigenvalue weighted by molar-refractivity contribution is 0.0995. The lowest BCUT2D eigenvalue weighted by atomic mass is 10.3. The number of aryl methyl sites for hydroxylation is 1. The van der Waals surface area contributed by atoms with Crippen molar-refractivity contribution in [2.45, 2.75) is 20.3 Å². The van der Waals surface area contributed by atoms with Gasteiger partial charge in [-0.3, -0.25) is 4.79 Å². The Bertz CT molecular complexity index is 543. The van der Waals surface area contributed by atoms with Crippen molar-refractivity contribution in [2.24, 2.45) is 0 Å². The molecule has 0 bridgehead atoms. The molecule has 0 fully saturated rings. The first-order valence-electron chi connectivity index (χ1n) is 6.29. The molecule has 0 saturated heterocycles. The van der Waals surface area contributed by atoms with Gasteiger partial charge in [-0.05, 0) is 49.7 Å². The predicted octanol–water partition coefficient (Wildman–Crippen LogP) is 3.63. The summed E-state index contributed by atoms with van der Waals surface area (Å²) in [5.74, 6) is 1.57. The minimum absolute atomic E-state index is 0.254. The molecule has 0 atom stereocenters. The topological polar surface area (TPSA) is 51.5 Å². The van der Waals surface area contributed by atoms with E-state index in [2.05, 4.69) is 12.2 Å². The highest BCUT2D eigenvalue weighted by molar-refractivity contribution is 6.02. The zero-order chi connectivity index (χ0) is 13.7. The van der Waals surface area contributed by atoms with Crippen molar-refractivity contribution in [2.75, 3.05) is 11.9 Å². The Morgan fingerprint density at radius 2 is 1.95 bits per heavy atom. The largest absolute Gasteiger partial charge is 0.494 e. The average molecular weight is 259 g/mol. The van der Waals surface area contributed by atoms with Crippen molar-refractivity contribution in [1.82, 2.24) is 0 Å². The van der Waals surface area contributed by atoms with Crippen LogP contribution in [0.15, 0.2) is 40.8 Å². The third-order valence-corrected chi connectivity index (χ3v) is 2.55. The van der Waals surface area contributed by atoms with Gasteiger partial charge in [0.1, 0.15) is 11.5 Å². The molecular formula is C15H17NO3. The number of carbonyl (C=O) groups is 1. The van der Waals surface area contributed by atoms with E-state index in [1.54, 1.807) is 31.2 Å². The number of nitrogens with one attached hydrogen (secondary N) is 1. The number of carbonyl (C=O) groups excluding carboxylic acids is 1. The summed E-state index contributed by atoms with van der Waals surface area (Å²) >= 11 is 0. The molecule has 4 heteroatoms. The van der Waals surface area contributed by atoms with Gasteiger partial charge in [-0.1, -0.05) is 6.92 Å². The van der Waals surface area contributed by atoms with Crippen molar-refractivity contribution < 1.29 is 13.9 Å². The van der Waals surface area contributed by atoms with Gasteiger partial charge in [0, 0.05) is 5.69 Å². The van der Waals surface area contributed by atoms with Gasteiger partial charge in [0.15, 0.2) is 5.76 Å². The standard InChI is InChI=1S/C15H17NO3/c1-3-10-18-13-7-5-12(6-8-13)16-15(17)14-9-4-11(2)19-14/h4-9H,3,10H2,1-2H3,(H,16,17). The van der Waals surface area contributed by atoms with E-state index in [0.29, 0.717) is 23.8 Å². The van der Waals surface area contributed by atoms with Crippen LogP contribution in [0, 0.1) is 6.92 Å². The first kappa shape index (κ1) is 13.2. The molecule has 19 heavy (non-hydrogen) atoms. The number of anilines is 1. The molecule has 0 aliphatic rings. The summed E-state index contributed by atoms with van der Waals surface area (Å²) in [6, 6.07) is 10.7. The van der Waals surface area contributed by atoms with Gasteiger partial charge in [-0.15, -0.1) is 0 Å². The van der Waals surface area contributed by atoms with Gasteiger partial charge in [-0.2, -0.15) is 0 Å². The van der Waals surface area contributed by atoms with E-state index in [1.807, 2.05) is 12.1 Å². The number of rotatable bonds is 5. The van der Waals surface area contributed by atoms with E-state index < -0.39 is 0 Å². The number of amides is 1. The first-order chi connectivity index (χ1) is 9.19. The molecule has 2 rings (SSSR count). The molecule has 2 aromatic rings. The molecule has 100 valence electrons. The minimum atomic E-state index is -0.254. The molecule has 0 unspecified atom stereocenters. The SMILES string of the molecule is CCCOc1ccc(NC(=O)c2ccc(C)o2)cc1. The molecule has 1 N–H and O–H groups in total. The van der Waals surface area contributed by atoms with E-state index in [-0.39, 0.29) is 5.91 Å². The Morgan fingerprint density at radius 3 is 2.53 bits per heavy atom. The van der Waals surface area contributed by atoms with Crippen LogP contribution < -0.4 is 10.1 Å². The molecule has 1 amide bonds. The molecule has 1 aromatic heterocycles. The Morgan fingerprint density at radius 1 is 1.21 bits per heavy atom. The fraction of sp³-hybridized carbons (Fsp3) is 0.267. The molecular weight excluding hydrogens is 242 g/mol. The van der Waals surface area contributed by atoms with Crippen molar-refractivity contribution >= 4 is 11.6 Å². The first-order valence-corrected chi connectivity index (χ1v) is 6.29. The lowest BCUT2D eigenvalue weighted by Gasteiger charge is -2.06. The van der Waals surface area contributed by atoms with Crippen LogP contribution in [0.2, 0.25) is 0 Å². The smallest absolute Gasteiger partial charge is 0.291 e. The van der Waals surface area contributed by atoms with Crippen LogP contribution in [0.1, 0.15) is 29.7 Å². The second-order valence-corrected chi connectivity index (χ2v) is 4.24. The highest BCUT2D eigenvalue weighted by atomic mass is 16.5. The maximum Gasteiger partial charge on any atom is 0.291 e. The number of hydrogen-bond donors (Lipinski definition) is 1. The van der Waals surface area contributed by atoms with E-state index in [9.17, 15) is 4.79 Å². The van der Waals surface area contributed by atoms with Gasteiger partial charge in [-0.25, -0.2) is 0 Å². The van der Waals surface area contributed by atoms with Crippen LogP contribution in [-0.2, 0) is 0 Å². The third kappa shape index (κ3) is 3.61. The zero-order valence-corrected chi connectivity index (χ0v) is 11.1. The zero-order valence-electron chi connectivity index (χ0n) is 11.1. The van der Waals surface area contributed by atoms with E-state index in [4.69, 9.17) is 9.15 Å². The summed E-state index contributed by atoms with van der Waals surface area (Å²) in [4.78, 5) is 11.8. The normalized spacial score (nSPS) is 10.2. The fourth-order valence-corrected chi connectivity index (χ4v) is 1.60. The second-order valence-electron chi connectivity index (χ2n) is 4.24. The van der Waals surface area contributed by atoms with Crippen molar-refractivity contribution in [1.29, 1.82) is 0 Å². The average Bonchev–Trinajstić information content (AvgIpc) is 2.85. The maximum atomic E-state index is 11.8. The summed E-state index contributed by atoms with van der Waals surface area (Å²) in [5, 5.41) is 2.77. The van der Waals surface area contributed by atoms with Crippen LogP contribution in [0.25, 0.3) is 0 Å². The second kappa shape index (κ2) is 6.09. The number of ether oxygens (including phenoxy) is 1. The van der Waals surface area contributed by atoms with Crippen molar-refractivity contribution in [3.63, 3.8) is 0 Å². The molecule has 1 heterocycles. The summed E-state index contributed by atoms with van der Waals surface area (Å²) in [7, 11) is 0. The van der Waals surface area contributed by atoms with Crippen LogP contribution in [0.3, 0.4) is 0 Å². The quantitative estimate of drug-likeness (QED) is 0.892. The number of hydrogen-bond acceptors (Lipinski definition) is 3. The van der Waals surface area contributed by atoms with Gasteiger partial charge >= 0.3 is 0 Å². The molecule has 0 aliphatic heterocycles. The minimum Gasteiger partial charge on any atom is -0.494 e. The Hall–Kier alpha value is -2.23. The Kier molecular flexibility index (Phi) is 4.23. The summed E-state index contributed by atoms with van der Waals surface area (Å²) < 4.78 is 10.7. The maximum absolute atomic E-state index is 11.8. The van der Waals surface area contributed by atoms with Crippen LogP contribution in [0.4, 0.5) is 5.69 Å². The Labute approximate surface area is 112 Å². The number of furan rings is 1. The summed E-state index contributed by atoms with van der Waals surface area (Å²) in [5.41, 5.74) is 0.711. The summed E-state index contributed by atoms with van der Waals surface area (Å²) in [6.45, 7) is 4.55. The highest BCUT2D eigenvalue weighted by Crippen LogP contribution is 2.17. The van der Waals surface area contributed by atoms with Crippen molar-refractivity contribution in [3.05, 3.63) is 47.9 Å². The monoisotopic (exact) mass is 259 g/mol. The van der Waals surface area contributed by atoms with E-state index >= 15 is 0 Å². The Balaban J connectivity index is 1.97. The number of benzene rings is 1. The molecule has 0 spiro atoms. The molecule has 0 saturated carbocycles. The lowest BCUT2D eigenvalue weighted by Crippen LogP contribution is -2.10. The van der Waals surface area contributed by atoms with Crippen LogP contribution >= 0.6 is 0 Å². The molecule has 4 nitrogen and oxygen atoms in total. The third-order valence-electron chi connectivity index (χ3n) is 2.55. The molecule has 0 radical (unpaired) electrons. The highest BCUT2D eigenvalue weighted by Gasteiger charge is 2.09. The van der Waals surface area contributed by atoms with Gasteiger partial charge in [0.2, 0.25) is 0 Å². The molecule has 1 aromatic carbocycles. The van der Waals surface area contributed by atoms with Gasteiger partial charge < -0.3 is 14.5 Å². The fourth-order valence-electron chi connectivity index (χ4n) is 1.60. The predicted molar refractivity (Wildman–Crippen MR) is 73.6 cm³/mol. The van der Waals surface area contributed by atoms with E-state index in [1.165, 1.54) is 0 Å². The van der Waals surface area contributed by atoms with Gasteiger partial charge in [0.25, 0.3) is 5.91 Å².